The highest BCUT2D eigenvalue weighted by atomic mass is 19.1. The van der Waals surface area contributed by atoms with Gasteiger partial charge in [0.15, 0.2) is 0 Å². The summed E-state index contributed by atoms with van der Waals surface area (Å²) in [5, 5.41) is 12.0. The van der Waals surface area contributed by atoms with Crippen molar-refractivity contribution >= 4 is 5.91 Å². The Bertz CT molecular complexity index is 505. The molecule has 1 amide bonds. The van der Waals surface area contributed by atoms with Gasteiger partial charge in [-0.05, 0) is 44.9 Å². The number of halogens is 2. The number of carbonyl (C=O) groups excluding carboxylic acids is 1. The van der Waals surface area contributed by atoms with Crippen molar-refractivity contribution < 1.29 is 18.7 Å². The number of hydrogen-bond acceptors (Lipinski definition) is 3. The molecule has 1 aliphatic rings. The molecule has 2 N–H and O–H groups in total. The monoisotopic (exact) mass is 312 g/mol. The summed E-state index contributed by atoms with van der Waals surface area (Å²) < 4.78 is 27.2. The van der Waals surface area contributed by atoms with Crippen LogP contribution in [0, 0.1) is 11.6 Å². The molecule has 6 heteroatoms. The van der Waals surface area contributed by atoms with Gasteiger partial charge in [0.25, 0.3) is 0 Å². The number of nitrogens with one attached hydrogen (secondary N) is 1. The SMILES string of the molecule is CC(Cc1c(F)cccc1F)NC(=O)CN1CCC[C@@H]1CO. The van der Waals surface area contributed by atoms with E-state index in [1.807, 2.05) is 4.90 Å². The molecule has 1 saturated heterocycles. The standard InChI is InChI=1S/C16H22F2N2O2/c1-11(8-13-14(17)5-2-6-15(13)18)19-16(22)9-20-7-3-4-12(20)10-21/h2,5-6,11-12,21H,3-4,7-10H2,1H3,(H,19,22)/t11?,12-/m1/s1. The quantitative estimate of drug-likeness (QED) is 0.836. The van der Waals surface area contributed by atoms with Crippen LogP contribution in [-0.2, 0) is 11.2 Å². The molecule has 1 aliphatic heterocycles. The van der Waals surface area contributed by atoms with Crippen LogP contribution >= 0.6 is 0 Å². The van der Waals surface area contributed by atoms with Gasteiger partial charge in [-0.25, -0.2) is 8.78 Å². The topological polar surface area (TPSA) is 52.6 Å². The van der Waals surface area contributed by atoms with Gasteiger partial charge in [-0.3, -0.25) is 9.69 Å². The normalized spacial score (nSPS) is 20.1. The van der Waals surface area contributed by atoms with Crippen LogP contribution in [-0.4, -0.2) is 47.7 Å². The first-order valence-corrected chi connectivity index (χ1v) is 7.58. The predicted molar refractivity (Wildman–Crippen MR) is 79.3 cm³/mol. The second kappa shape index (κ2) is 7.65. The fourth-order valence-corrected chi connectivity index (χ4v) is 2.90. The first-order chi connectivity index (χ1) is 10.5. The first-order valence-electron chi connectivity index (χ1n) is 7.58. The summed E-state index contributed by atoms with van der Waals surface area (Å²) in [6.07, 6.45) is 1.96. The van der Waals surface area contributed by atoms with E-state index < -0.39 is 11.6 Å². The van der Waals surface area contributed by atoms with E-state index in [1.54, 1.807) is 6.92 Å². The Morgan fingerprint density at radius 2 is 2.14 bits per heavy atom. The molecule has 0 bridgehead atoms. The Balaban J connectivity index is 1.86. The summed E-state index contributed by atoms with van der Waals surface area (Å²) in [5.74, 6) is -1.38. The molecule has 2 atom stereocenters. The second-order valence-corrected chi connectivity index (χ2v) is 5.82. The van der Waals surface area contributed by atoms with E-state index in [-0.39, 0.29) is 43.1 Å². The Morgan fingerprint density at radius 1 is 1.45 bits per heavy atom. The zero-order valence-corrected chi connectivity index (χ0v) is 12.7. The molecule has 1 unspecified atom stereocenters. The zero-order chi connectivity index (χ0) is 16.1. The lowest BCUT2D eigenvalue weighted by Crippen LogP contribution is -2.44. The molecule has 2 rings (SSSR count). The summed E-state index contributed by atoms with van der Waals surface area (Å²) in [7, 11) is 0. The first kappa shape index (κ1) is 16.8. The van der Waals surface area contributed by atoms with Crippen LogP contribution in [0.15, 0.2) is 18.2 Å². The molecule has 0 aromatic heterocycles. The van der Waals surface area contributed by atoms with E-state index in [2.05, 4.69) is 5.32 Å². The molecule has 1 aromatic rings. The van der Waals surface area contributed by atoms with E-state index in [0.29, 0.717) is 0 Å². The van der Waals surface area contributed by atoms with Gasteiger partial charge < -0.3 is 10.4 Å². The molecular weight excluding hydrogens is 290 g/mol. The molecular formula is C16H22F2N2O2. The third-order valence-corrected chi connectivity index (χ3v) is 4.04. The minimum Gasteiger partial charge on any atom is -0.395 e. The maximum absolute atomic E-state index is 13.6. The Hall–Kier alpha value is -1.53. The van der Waals surface area contributed by atoms with Crippen molar-refractivity contribution in [2.75, 3.05) is 19.7 Å². The van der Waals surface area contributed by atoms with Crippen LogP contribution in [0.3, 0.4) is 0 Å². The van der Waals surface area contributed by atoms with Crippen LogP contribution in [0.1, 0.15) is 25.3 Å². The average Bonchev–Trinajstić information content (AvgIpc) is 2.90. The van der Waals surface area contributed by atoms with E-state index in [4.69, 9.17) is 0 Å². The van der Waals surface area contributed by atoms with Crippen molar-refractivity contribution in [3.8, 4) is 0 Å². The molecule has 4 nitrogen and oxygen atoms in total. The second-order valence-electron chi connectivity index (χ2n) is 5.82. The highest BCUT2D eigenvalue weighted by Gasteiger charge is 2.25. The van der Waals surface area contributed by atoms with Gasteiger partial charge in [-0.1, -0.05) is 6.07 Å². The summed E-state index contributed by atoms with van der Waals surface area (Å²) in [6, 6.07) is 3.41. The minimum atomic E-state index is -0.596. The number of rotatable bonds is 6. The van der Waals surface area contributed by atoms with Crippen molar-refractivity contribution in [3.05, 3.63) is 35.4 Å². The molecule has 0 spiro atoms. The van der Waals surface area contributed by atoms with Crippen LogP contribution in [0.5, 0.6) is 0 Å². The summed E-state index contributed by atoms with van der Waals surface area (Å²) in [5.41, 5.74) is -0.00953. The molecule has 0 saturated carbocycles. The zero-order valence-electron chi connectivity index (χ0n) is 12.7. The summed E-state index contributed by atoms with van der Waals surface area (Å²) in [6.45, 7) is 2.75. The van der Waals surface area contributed by atoms with E-state index in [0.717, 1.165) is 19.4 Å². The number of likely N-dealkylation sites (tertiary alicyclic amines) is 1. The van der Waals surface area contributed by atoms with Gasteiger partial charge in [0, 0.05) is 17.6 Å². The molecule has 1 aromatic carbocycles. The number of amides is 1. The number of hydrogen-bond donors (Lipinski definition) is 2. The molecule has 1 heterocycles. The lowest BCUT2D eigenvalue weighted by atomic mass is 10.1. The van der Waals surface area contributed by atoms with Crippen LogP contribution in [0.4, 0.5) is 8.78 Å². The van der Waals surface area contributed by atoms with Gasteiger partial charge in [0.05, 0.1) is 13.2 Å². The molecule has 1 fully saturated rings. The summed E-state index contributed by atoms with van der Waals surface area (Å²) >= 11 is 0. The van der Waals surface area contributed by atoms with E-state index in [9.17, 15) is 18.7 Å². The lowest BCUT2D eigenvalue weighted by Gasteiger charge is -2.23. The largest absolute Gasteiger partial charge is 0.395 e. The maximum atomic E-state index is 13.6. The minimum absolute atomic E-state index is 0.00953. The van der Waals surface area contributed by atoms with Crippen LogP contribution in [0.2, 0.25) is 0 Å². The number of nitrogens with zero attached hydrogens (tertiary/aromatic N) is 1. The van der Waals surface area contributed by atoms with Gasteiger partial charge in [0.1, 0.15) is 11.6 Å². The van der Waals surface area contributed by atoms with Crippen molar-refractivity contribution in [2.24, 2.45) is 0 Å². The van der Waals surface area contributed by atoms with Crippen molar-refractivity contribution in [1.29, 1.82) is 0 Å². The van der Waals surface area contributed by atoms with Crippen LogP contribution in [0.25, 0.3) is 0 Å². The molecule has 0 aliphatic carbocycles. The van der Waals surface area contributed by atoms with Gasteiger partial charge >= 0.3 is 0 Å². The third kappa shape index (κ3) is 4.24. The third-order valence-electron chi connectivity index (χ3n) is 4.04. The Kier molecular flexibility index (Phi) is 5.85. The Labute approximate surface area is 129 Å². The Morgan fingerprint density at radius 3 is 2.77 bits per heavy atom. The van der Waals surface area contributed by atoms with E-state index in [1.165, 1.54) is 18.2 Å². The van der Waals surface area contributed by atoms with Crippen molar-refractivity contribution in [2.45, 2.75) is 38.3 Å². The van der Waals surface area contributed by atoms with Gasteiger partial charge in [0.2, 0.25) is 5.91 Å². The highest BCUT2D eigenvalue weighted by Crippen LogP contribution is 2.16. The van der Waals surface area contributed by atoms with Gasteiger partial charge in [-0.2, -0.15) is 0 Å². The highest BCUT2D eigenvalue weighted by molar-refractivity contribution is 5.78. The fourth-order valence-electron chi connectivity index (χ4n) is 2.90. The molecule has 122 valence electrons. The number of aliphatic hydroxyl groups is 1. The van der Waals surface area contributed by atoms with Crippen molar-refractivity contribution in [3.63, 3.8) is 0 Å². The number of aliphatic hydroxyl groups excluding tert-OH is 1. The smallest absolute Gasteiger partial charge is 0.234 e. The summed E-state index contributed by atoms with van der Waals surface area (Å²) in [4.78, 5) is 13.9. The number of benzene rings is 1. The maximum Gasteiger partial charge on any atom is 0.234 e. The van der Waals surface area contributed by atoms with Crippen molar-refractivity contribution in [1.82, 2.24) is 10.2 Å². The molecule has 22 heavy (non-hydrogen) atoms. The predicted octanol–water partition coefficient (Wildman–Crippen LogP) is 1.47. The fraction of sp³-hybridized carbons (Fsp3) is 0.562. The average molecular weight is 312 g/mol. The van der Waals surface area contributed by atoms with Gasteiger partial charge in [-0.15, -0.1) is 0 Å². The lowest BCUT2D eigenvalue weighted by molar-refractivity contribution is -0.123. The molecule has 0 radical (unpaired) electrons. The number of carbonyl (C=O) groups is 1. The van der Waals surface area contributed by atoms with E-state index >= 15 is 0 Å². The van der Waals surface area contributed by atoms with Crippen LogP contribution < -0.4 is 5.32 Å².